The summed E-state index contributed by atoms with van der Waals surface area (Å²) in [5.41, 5.74) is 9.86. The topological polar surface area (TPSA) is 37.8 Å². The van der Waals surface area contributed by atoms with Crippen LogP contribution in [0.3, 0.4) is 0 Å². The van der Waals surface area contributed by atoms with E-state index in [1.807, 2.05) is 12.3 Å². The number of para-hydroxylation sites is 1. The lowest BCUT2D eigenvalue weighted by Gasteiger charge is -2.26. The number of nitrogens with zero attached hydrogens (tertiary/aromatic N) is 2. The van der Waals surface area contributed by atoms with Gasteiger partial charge >= 0.3 is 0 Å². The summed E-state index contributed by atoms with van der Waals surface area (Å²) < 4.78 is 0. The number of aromatic nitrogens is 2. The number of hydrogen-bond acceptors (Lipinski definition) is 3. The number of pyridine rings is 2. The summed E-state index contributed by atoms with van der Waals surface area (Å²) in [5.74, 6) is 0. The third-order valence-corrected chi connectivity index (χ3v) is 9.68. The smallest absolute Gasteiger partial charge is 0.0947 e. The summed E-state index contributed by atoms with van der Waals surface area (Å²) in [6.07, 6.45) is 6.39. The summed E-state index contributed by atoms with van der Waals surface area (Å²) in [6, 6.07) is 48.0. The van der Waals surface area contributed by atoms with Crippen LogP contribution in [0.5, 0.6) is 0 Å². The molecule has 0 spiro atoms. The fourth-order valence-electron chi connectivity index (χ4n) is 7.43. The van der Waals surface area contributed by atoms with Gasteiger partial charge in [-0.05, 0) is 61.1 Å². The molecule has 0 saturated heterocycles. The van der Waals surface area contributed by atoms with Gasteiger partial charge in [-0.15, -0.1) is 0 Å². The van der Waals surface area contributed by atoms with Gasteiger partial charge in [0.05, 0.1) is 28.5 Å². The van der Waals surface area contributed by atoms with Gasteiger partial charge in [0.25, 0.3) is 0 Å². The maximum Gasteiger partial charge on any atom is 0.0947 e. The first-order valence-corrected chi connectivity index (χ1v) is 15.8. The van der Waals surface area contributed by atoms with E-state index in [1.165, 1.54) is 37.9 Å². The van der Waals surface area contributed by atoms with Crippen molar-refractivity contribution in [2.24, 2.45) is 0 Å². The molecule has 10 rings (SSSR count). The van der Waals surface area contributed by atoms with Crippen molar-refractivity contribution >= 4 is 65.9 Å². The Labute approximate surface area is 265 Å². The fraction of sp³-hybridized carbons (Fsp3) is 0.0233. The Morgan fingerprint density at radius 3 is 2.09 bits per heavy atom. The normalized spacial score (nSPS) is 14.4. The third kappa shape index (κ3) is 3.79. The molecule has 0 fully saturated rings. The number of anilines is 1. The van der Waals surface area contributed by atoms with Crippen LogP contribution in [-0.2, 0) is 0 Å². The largest absolute Gasteiger partial charge is 0.372 e. The Bertz CT molecular complexity index is 2650. The Hall–Kier alpha value is -6.06. The highest BCUT2D eigenvalue weighted by Crippen LogP contribution is 2.41. The standard InChI is InChI=1S/C43H27N3/c1-4-28-13-14-30-17-21-35(36-22-18-29(5-1)39(28)40(30)36)38-24-20-33-16-15-32-19-23-37(45-42(32)43(33)46-38)27-11-9-26(10-12-27)34-8-2-6-31-7-3-25-44-41(31)34/h1-25,38,46H. The molecule has 0 radical (unpaired) electrons. The number of rotatable bonds is 3. The first kappa shape index (κ1) is 25.3. The first-order valence-electron chi connectivity index (χ1n) is 15.8. The van der Waals surface area contributed by atoms with Crippen LogP contribution in [0.2, 0.25) is 0 Å². The summed E-state index contributed by atoms with van der Waals surface area (Å²) >= 11 is 0. The summed E-state index contributed by atoms with van der Waals surface area (Å²) in [4.78, 5) is 9.91. The quantitative estimate of drug-likeness (QED) is 0.210. The molecule has 0 aliphatic carbocycles. The van der Waals surface area contributed by atoms with Crippen LogP contribution in [0, 0.1) is 0 Å². The molecular weight excluding hydrogens is 558 g/mol. The van der Waals surface area contributed by atoms with E-state index in [1.54, 1.807) is 0 Å². The third-order valence-electron chi connectivity index (χ3n) is 9.68. The maximum atomic E-state index is 5.26. The number of fused-ring (bicyclic) bond motifs is 4. The lowest BCUT2D eigenvalue weighted by Crippen LogP contribution is -2.13. The molecule has 3 nitrogen and oxygen atoms in total. The predicted molar refractivity (Wildman–Crippen MR) is 193 cm³/mol. The van der Waals surface area contributed by atoms with Crippen molar-refractivity contribution in [2.45, 2.75) is 6.04 Å². The zero-order valence-corrected chi connectivity index (χ0v) is 24.9. The molecule has 1 N–H and O–H groups in total. The van der Waals surface area contributed by atoms with Gasteiger partial charge in [0, 0.05) is 28.1 Å². The zero-order chi connectivity index (χ0) is 30.2. The van der Waals surface area contributed by atoms with Gasteiger partial charge in [0.15, 0.2) is 0 Å². The molecule has 9 aromatic rings. The number of hydrogen-bond donors (Lipinski definition) is 1. The summed E-state index contributed by atoms with van der Waals surface area (Å²) in [7, 11) is 0. The average Bonchev–Trinajstić information content (AvgIpc) is 3.13. The molecule has 3 heterocycles. The van der Waals surface area contributed by atoms with E-state index in [9.17, 15) is 0 Å². The first-order chi connectivity index (χ1) is 22.8. The van der Waals surface area contributed by atoms with Crippen LogP contribution in [0.1, 0.15) is 17.2 Å². The second-order valence-electron chi connectivity index (χ2n) is 12.2. The van der Waals surface area contributed by atoms with Crippen molar-refractivity contribution in [3.8, 4) is 22.4 Å². The summed E-state index contributed by atoms with van der Waals surface area (Å²) in [5, 5.41) is 14.0. The van der Waals surface area contributed by atoms with Crippen LogP contribution in [0.25, 0.3) is 82.6 Å². The van der Waals surface area contributed by atoms with Crippen molar-refractivity contribution in [3.63, 3.8) is 0 Å². The van der Waals surface area contributed by atoms with E-state index < -0.39 is 0 Å². The van der Waals surface area contributed by atoms with Crippen molar-refractivity contribution in [1.82, 2.24) is 9.97 Å². The molecule has 1 aliphatic heterocycles. The van der Waals surface area contributed by atoms with Crippen LogP contribution < -0.4 is 5.32 Å². The van der Waals surface area contributed by atoms with Crippen molar-refractivity contribution in [2.75, 3.05) is 5.32 Å². The van der Waals surface area contributed by atoms with E-state index in [2.05, 4.69) is 150 Å². The molecule has 214 valence electrons. The SMILES string of the molecule is C1=CC(c2ccc3ccc4cccc5ccc2c3c45)Nc2c1ccc1ccc(-c3ccc(-c4cccc5cccnc45)cc3)nc21. The molecule has 1 unspecified atom stereocenters. The van der Waals surface area contributed by atoms with Gasteiger partial charge < -0.3 is 5.32 Å². The molecule has 1 aliphatic rings. The van der Waals surface area contributed by atoms with Gasteiger partial charge in [-0.3, -0.25) is 4.98 Å². The van der Waals surface area contributed by atoms with Gasteiger partial charge in [0.1, 0.15) is 0 Å². The molecule has 2 aromatic heterocycles. The molecule has 1 atom stereocenters. The Kier molecular flexibility index (Phi) is 5.34. The van der Waals surface area contributed by atoms with Crippen LogP contribution in [0.15, 0.2) is 146 Å². The zero-order valence-electron chi connectivity index (χ0n) is 24.9. The molecule has 0 bridgehead atoms. The minimum atomic E-state index is 0.0294. The highest BCUT2D eigenvalue weighted by molar-refractivity contribution is 6.23. The van der Waals surface area contributed by atoms with Gasteiger partial charge in [-0.25, -0.2) is 4.98 Å². The van der Waals surface area contributed by atoms with E-state index in [0.717, 1.165) is 55.4 Å². The van der Waals surface area contributed by atoms with E-state index >= 15 is 0 Å². The molecular formula is C43H27N3. The van der Waals surface area contributed by atoms with E-state index in [4.69, 9.17) is 4.98 Å². The molecule has 0 amide bonds. The minimum Gasteiger partial charge on any atom is -0.372 e. The van der Waals surface area contributed by atoms with E-state index in [0.29, 0.717) is 0 Å². The fourth-order valence-corrected chi connectivity index (χ4v) is 7.43. The van der Waals surface area contributed by atoms with Crippen molar-refractivity contribution in [1.29, 1.82) is 0 Å². The van der Waals surface area contributed by atoms with Crippen molar-refractivity contribution in [3.05, 3.63) is 157 Å². The lowest BCUT2D eigenvalue weighted by atomic mass is 9.88. The maximum absolute atomic E-state index is 5.26. The second kappa shape index (κ2) is 9.72. The van der Waals surface area contributed by atoms with Gasteiger partial charge in [-0.1, -0.05) is 133 Å². The lowest BCUT2D eigenvalue weighted by molar-refractivity contribution is 0.994. The predicted octanol–water partition coefficient (Wildman–Crippen LogP) is 11.2. The van der Waals surface area contributed by atoms with Crippen molar-refractivity contribution < 1.29 is 0 Å². The molecule has 7 aromatic carbocycles. The Morgan fingerprint density at radius 1 is 0.522 bits per heavy atom. The van der Waals surface area contributed by atoms with Gasteiger partial charge in [-0.2, -0.15) is 0 Å². The monoisotopic (exact) mass is 585 g/mol. The molecule has 46 heavy (non-hydrogen) atoms. The van der Waals surface area contributed by atoms with Crippen LogP contribution in [-0.4, -0.2) is 9.97 Å². The molecule has 0 saturated carbocycles. The molecule has 3 heteroatoms. The second-order valence-corrected chi connectivity index (χ2v) is 12.2. The van der Waals surface area contributed by atoms with E-state index in [-0.39, 0.29) is 6.04 Å². The summed E-state index contributed by atoms with van der Waals surface area (Å²) in [6.45, 7) is 0. The minimum absolute atomic E-state index is 0.0294. The average molecular weight is 586 g/mol. The Balaban J connectivity index is 1.05. The number of nitrogens with one attached hydrogen (secondary N) is 1. The van der Waals surface area contributed by atoms with Gasteiger partial charge in [0.2, 0.25) is 0 Å². The van der Waals surface area contributed by atoms with Crippen LogP contribution in [0.4, 0.5) is 5.69 Å². The highest BCUT2D eigenvalue weighted by atomic mass is 14.9. The number of benzene rings is 7. The highest BCUT2D eigenvalue weighted by Gasteiger charge is 2.21. The Morgan fingerprint density at radius 2 is 1.20 bits per heavy atom. The van der Waals surface area contributed by atoms with Crippen LogP contribution >= 0.6 is 0 Å².